The normalized spacial score (nSPS) is 12.5. The van der Waals surface area contributed by atoms with Crippen molar-refractivity contribution in [2.45, 2.75) is 91.8 Å². The molecule has 0 fully saturated rings. The van der Waals surface area contributed by atoms with Crippen molar-refractivity contribution in [1.29, 1.82) is 0 Å². The van der Waals surface area contributed by atoms with E-state index in [-0.39, 0.29) is 24.4 Å². The van der Waals surface area contributed by atoms with Gasteiger partial charge in [-0.3, -0.25) is 15.6 Å². The number of nitrogens with one attached hydrogen (secondary N) is 2. The molecule has 0 aromatic rings. The quantitative estimate of drug-likeness (QED) is 0.204. The second-order valence-electron chi connectivity index (χ2n) is 8.57. The SMILES string of the molecule is CCOC(OCC)C(N)CCCN=C(NC(=O)OC(C)(C)C)NC(=O)OC(C)(C)C.Cl. The highest BCUT2D eigenvalue weighted by molar-refractivity contribution is 6.01. The maximum atomic E-state index is 12.1. The van der Waals surface area contributed by atoms with Gasteiger partial charge in [0, 0.05) is 19.8 Å². The van der Waals surface area contributed by atoms with Gasteiger partial charge in [0.25, 0.3) is 0 Å². The van der Waals surface area contributed by atoms with E-state index in [0.29, 0.717) is 32.6 Å². The first-order valence-electron chi connectivity index (χ1n) is 10.3. The van der Waals surface area contributed by atoms with Crippen LogP contribution in [0.3, 0.4) is 0 Å². The van der Waals surface area contributed by atoms with Gasteiger partial charge in [-0.05, 0) is 68.2 Å². The molecule has 11 heteroatoms. The Morgan fingerprint density at radius 3 is 1.68 bits per heavy atom. The fourth-order valence-corrected chi connectivity index (χ4v) is 2.19. The van der Waals surface area contributed by atoms with Crippen LogP contribution in [0.5, 0.6) is 0 Å². The Hall–Kier alpha value is -1.62. The smallest absolute Gasteiger partial charge is 0.414 e. The molecule has 184 valence electrons. The van der Waals surface area contributed by atoms with Crippen LogP contribution in [0.4, 0.5) is 9.59 Å². The van der Waals surface area contributed by atoms with Gasteiger partial charge in [-0.2, -0.15) is 0 Å². The number of amides is 2. The number of carbonyl (C=O) groups is 2. The number of nitrogens with two attached hydrogens (primary N) is 1. The first kappa shape index (κ1) is 31.6. The largest absolute Gasteiger partial charge is 0.444 e. The Balaban J connectivity index is 0. The minimum atomic E-state index is -0.734. The number of halogens is 1. The molecule has 0 saturated heterocycles. The Kier molecular flexibility index (Phi) is 15.5. The summed E-state index contributed by atoms with van der Waals surface area (Å²) >= 11 is 0. The Bertz CT molecular complexity index is 523. The van der Waals surface area contributed by atoms with Gasteiger partial charge in [0.1, 0.15) is 11.2 Å². The van der Waals surface area contributed by atoms with Crippen molar-refractivity contribution in [3.8, 4) is 0 Å². The number of nitrogens with zero attached hydrogens (tertiary/aromatic N) is 1. The van der Waals surface area contributed by atoms with E-state index in [4.69, 9.17) is 24.7 Å². The van der Waals surface area contributed by atoms with Crippen molar-refractivity contribution in [2.24, 2.45) is 10.7 Å². The Morgan fingerprint density at radius 1 is 0.903 bits per heavy atom. The molecule has 0 spiro atoms. The lowest BCUT2D eigenvalue weighted by Gasteiger charge is -2.23. The van der Waals surface area contributed by atoms with Crippen molar-refractivity contribution in [2.75, 3.05) is 19.8 Å². The summed E-state index contributed by atoms with van der Waals surface area (Å²) in [6.07, 6.45) is -0.778. The van der Waals surface area contributed by atoms with Crippen LogP contribution in [0, 0.1) is 0 Å². The van der Waals surface area contributed by atoms with Gasteiger partial charge < -0.3 is 24.7 Å². The molecule has 0 aliphatic heterocycles. The third-order valence-corrected chi connectivity index (χ3v) is 3.22. The molecule has 0 aliphatic rings. The molecule has 0 bridgehead atoms. The van der Waals surface area contributed by atoms with E-state index in [1.807, 2.05) is 13.8 Å². The van der Waals surface area contributed by atoms with E-state index in [1.54, 1.807) is 41.5 Å². The minimum absolute atomic E-state index is 0. The van der Waals surface area contributed by atoms with E-state index >= 15 is 0 Å². The molecule has 2 amide bonds. The van der Waals surface area contributed by atoms with Gasteiger partial charge in [0.2, 0.25) is 5.96 Å². The minimum Gasteiger partial charge on any atom is -0.444 e. The number of ether oxygens (including phenoxy) is 4. The van der Waals surface area contributed by atoms with Crippen LogP contribution in [-0.4, -0.2) is 61.4 Å². The van der Waals surface area contributed by atoms with Crippen molar-refractivity contribution in [3.63, 3.8) is 0 Å². The molecule has 1 atom stereocenters. The molecular formula is C20H41ClN4O6. The maximum absolute atomic E-state index is 12.1. The van der Waals surface area contributed by atoms with E-state index in [2.05, 4.69) is 15.6 Å². The highest BCUT2D eigenvalue weighted by Gasteiger charge is 2.21. The van der Waals surface area contributed by atoms with Crippen LogP contribution in [0.2, 0.25) is 0 Å². The fraction of sp³-hybridized carbons (Fsp3) is 0.850. The molecule has 10 nitrogen and oxygen atoms in total. The summed E-state index contributed by atoms with van der Waals surface area (Å²) in [5.74, 6) is -0.0572. The molecule has 0 rings (SSSR count). The van der Waals surface area contributed by atoms with Crippen LogP contribution in [0.15, 0.2) is 4.99 Å². The summed E-state index contributed by atoms with van der Waals surface area (Å²) in [5, 5.41) is 4.88. The Labute approximate surface area is 192 Å². The fourth-order valence-electron chi connectivity index (χ4n) is 2.19. The second kappa shape index (κ2) is 15.2. The van der Waals surface area contributed by atoms with E-state index in [0.717, 1.165) is 0 Å². The van der Waals surface area contributed by atoms with Crippen LogP contribution >= 0.6 is 12.4 Å². The number of hydrogen-bond acceptors (Lipinski definition) is 8. The third-order valence-electron chi connectivity index (χ3n) is 3.22. The zero-order valence-electron chi connectivity index (χ0n) is 20.1. The van der Waals surface area contributed by atoms with Crippen LogP contribution in [-0.2, 0) is 18.9 Å². The summed E-state index contributed by atoms with van der Waals surface area (Å²) in [4.78, 5) is 28.3. The summed E-state index contributed by atoms with van der Waals surface area (Å²) in [5.41, 5.74) is 4.74. The molecule has 1 unspecified atom stereocenters. The lowest BCUT2D eigenvalue weighted by Crippen LogP contribution is -2.47. The third kappa shape index (κ3) is 17.7. The van der Waals surface area contributed by atoms with Crippen molar-refractivity contribution < 1.29 is 28.5 Å². The first-order valence-corrected chi connectivity index (χ1v) is 10.3. The van der Waals surface area contributed by atoms with Gasteiger partial charge >= 0.3 is 12.2 Å². The monoisotopic (exact) mass is 468 g/mol. The molecule has 0 radical (unpaired) electrons. The zero-order chi connectivity index (χ0) is 23.4. The maximum Gasteiger partial charge on any atom is 0.414 e. The average molecular weight is 469 g/mol. The Morgan fingerprint density at radius 2 is 1.32 bits per heavy atom. The lowest BCUT2D eigenvalue weighted by atomic mass is 10.1. The van der Waals surface area contributed by atoms with Crippen LogP contribution in [0.1, 0.15) is 68.2 Å². The topological polar surface area (TPSA) is 134 Å². The molecule has 0 heterocycles. The predicted octanol–water partition coefficient (Wildman–Crippen LogP) is 3.32. The number of alkyl carbamates (subject to hydrolysis) is 2. The molecular weight excluding hydrogens is 428 g/mol. The van der Waals surface area contributed by atoms with Gasteiger partial charge in [0.15, 0.2) is 6.29 Å². The predicted molar refractivity (Wildman–Crippen MR) is 123 cm³/mol. The van der Waals surface area contributed by atoms with Crippen molar-refractivity contribution in [3.05, 3.63) is 0 Å². The number of aliphatic imine (C=N–C) groups is 1. The van der Waals surface area contributed by atoms with E-state index in [9.17, 15) is 9.59 Å². The first-order chi connectivity index (χ1) is 13.8. The summed E-state index contributed by atoms with van der Waals surface area (Å²) < 4.78 is 21.4. The molecule has 4 N–H and O–H groups in total. The average Bonchev–Trinajstić information content (AvgIpc) is 2.54. The second-order valence-corrected chi connectivity index (χ2v) is 8.57. The van der Waals surface area contributed by atoms with Crippen LogP contribution < -0.4 is 16.4 Å². The molecule has 0 aromatic carbocycles. The highest BCUT2D eigenvalue weighted by Crippen LogP contribution is 2.09. The van der Waals surface area contributed by atoms with E-state index in [1.165, 1.54) is 0 Å². The van der Waals surface area contributed by atoms with Crippen molar-refractivity contribution >= 4 is 30.6 Å². The van der Waals surface area contributed by atoms with Crippen molar-refractivity contribution in [1.82, 2.24) is 10.6 Å². The van der Waals surface area contributed by atoms with Gasteiger partial charge in [-0.15, -0.1) is 12.4 Å². The number of hydrogen-bond donors (Lipinski definition) is 3. The lowest BCUT2D eigenvalue weighted by molar-refractivity contribution is -0.149. The number of guanidine groups is 1. The summed E-state index contributed by atoms with van der Waals surface area (Å²) in [7, 11) is 0. The zero-order valence-corrected chi connectivity index (χ0v) is 20.9. The van der Waals surface area contributed by atoms with Crippen LogP contribution in [0.25, 0.3) is 0 Å². The standard InChI is InChI=1S/C20H40N4O6.ClH/c1-9-27-15(28-10-2)14(21)12-11-13-22-16(23-17(25)29-19(3,4)5)24-18(26)30-20(6,7)8;/h14-15H,9-13,21H2,1-8H3,(H2,22,23,24,25,26);1H. The molecule has 0 aliphatic carbocycles. The molecule has 0 aromatic heterocycles. The molecule has 31 heavy (non-hydrogen) atoms. The number of rotatable bonds is 9. The van der Waals surface area contributed by atoms with Gasteiger partial charge in [-0.25, -0.2) is 9.59 Å². The number of carbonyl (C=O) groups excluding carboxylic acids is 2. The highest BCUT2D eigenvalue weighted by atomic mass is 35.5. The molecule has 0 saturated carbocycles. The summed E-state index contributed by atoms with van der Waals surface area (Å²) in [6.45, 7) is 15.5. The van der Waals surface area contributed by atoms with E-state index < -0.39 is 29.7 Å². The van der Waals surface area contributed by atoms with Gasteiger partial charge in [0.05, 0.1) is 6.04 Å². The van der Waals surface area contributed by atoms with Gasteiger partial charge in [-0.1, -0.05) is 0 Å². The summed E-state index contributed by atoms with van der Waals surface area (Å²) in [6, 6.07) is -0.318.